The van der Waals surface area contributed by atoms with Gasteiger partial charge in [0.2, 0.25) is 0 Å². The van der Waals surface area contributed by atoms with Crippen LogP contribution >= 0.6 is 34.8 Å². The van der Waals surface area contributed by atoms with Crippen LogP contribution in [0, 0.1) is 11.3 Å². The molecule has 2 heterocycles. The maximum Gasteiger partial charge on any atom is 0.274 e. The molecule has 2 aromatic heterocycles. The zero-order valence-electron chi connectivity index (χ0n) is 12.4. The number of amides is 1. The summed E-state index contributed by atoms with van der Waals surface area (Å²) in [5.74, 6) is -0.341. The molecule has 1 aromatic carbocycles. The van der Waals surface area contributed by atoms with Crippen LogP contribution in [0.3, 0.4) is 0 Å². The number of anilines is 1. The molecule has 0 fully saturated rings. The first-order chi connectivity index (χ1) is 12.0. The number of hydrogen-bond donors (Lipinski definition) is 1. The third-order valence-corrected chi connectivity index (χ3v) is 4.12. The molecule has 25 heavy (non-hydrogen) atoms. The Labute approximate surface area is 157 Å². The lowest BCUT2D eigenvalue weighted by Gasteiger charge is -2.10. The fourth-order valence-corrected chi connectivity index (χ4v) is 2.78. The van der Waals surface area contributed by atoms with E-state index in [1.54, 1.807) is 30.3 Å². The van der Waals surface area contributed by atoms with Crippen molar-refractivity contribution in [2.75, 3.05) is 5.32 Å². The molecule has 9 heteroatoms. The van der Waals surface area contributed by atoms with Gasteiger partial charge in [0, 0.05) is 12.3 Å². The number of hydrogen-bond acceptors (Lipinski definition) is 4. The summed E-state index contributed by atoms with van der Waals surface area (Å²) in [5.41, 5.74) is 0.361. The summed E-state index contributed by atoms with van der Waals surface area (Å²) in [5, 5.41) is 16.6. The molecule has 1 N–H and O–H groups in total. The van der Waals surface area contributed by atoms with Gasteiger partial charge in [-0.3, -0.25) is 4.79 Å². The number of aromatic nitrogens is 3. The van der Waals surface area contributed by atoms with E-state index in [1.807, 2.05) is 6.07 Å². The van der Waals surface area contributed by atoms with E-state index in [0.29, 0.717) is 0 Å². The monoisotopic (exact) mass is 391 g/mol. The van der Waals surface area contributed by atoms with Gasteiger partial charge in [-0.25, -0.2) is 9.67 Å². The molecule has 0 atom stereocenters. The van der Waals surface area contributed by atoms with Gasteiger partial charge in [0.25, 0.3) is 5.91 Å². The average Bonchev–Trinajstić information content (AvgIpc) is 3.03. The summed E-state index contributed by atoms with van der Waals surface area (Å²) >= 11 is 18.3. The molecular weight excluding hydrogens is 385 g/mol. The number of para-hydroxylation sites is 1. The highest BCUT2D eigenvalue weighted by Gasteiger charge is 2.20. The van der Waals surface area contributed by atoms with Crippen molar-refractivity contribution in [2.45, 2.75) is 0 Å². The highest BCUT2D eigenvalue weighted by atomic mass is 35.5. The molecule has 124 valence electrons. The summed E-state index contributed by atoms with van der Waals surface area (Å²) in [7, 11) is 0. The Morgan fingerprint density at radius 2 is 1.80 bits per heavy atom. The van der Waals surface area contributed by atoms with Crippen molar-refractivity contribution in [1.82, 2.24) is 14.8 Å². The number of nitrogens with zero attached hydrogens (tertiary/aromatic N) is 4. The summed E-state index contributed by atoms with van der Waals surface area (Å²) in [4.78, 5) is 16.8. The smallest absolute Gasteiger partial charge is 0.274 e. The van der Waals surface area contributed by atoms with Gasteiger partial charge in [0.1, 0.15) is 11.8 Å². The molecule has 0 spiro atoms. The minimum atomic E-state index is -0.564. The van der Waals surface area contributed by atoms with Crippen LogP contribution in [0.2, 0.25) is 15.1 Å². The number of nitriles is 1. The van der Waals surface area contributed by atoms with Crippen molar-refractivity contribution in [3.63, 3.8) is 0 Å². The van der Waals surface area contributed by atoms with Gasteiger partial charge in [-0.1, -0.05) is 40.9 Å². The molecule has 0 saturated heterocycles. The Morgan fingerprint density at radius 3 is 2.44 bits per heavy atom. The predicted molar refractivity (Wildman–Crippen MR) is 95.5 cm³/mol. The number of carbonyl (C=O) groups is 1. The average molecular weight is 393 g/mol. The molecule has 0 aliphatic rings. The maximum atomic E-state index is 12.7. The Kier molecular flexibility index (Phi) is 4.91. The number of pyridine rings is 1. The number of halogens is 3. The molecule has 6 nitrogen and oxygen atoms in total. The zero-order valence-corrected chi connectivity index (χ0v) is 14.6. The lowest BCUT2D eigenvalue weighted by atomic mass is 10.3. The minimum Gasteiger partial charge on any atom is -0.318 e. The molecule has 0 saturated carbocycles. The number of benzene rings is 1. The normalized spacial score (nSPS) is 10.3. The van der Waals surface area contributed by atoms with Crippen LogP contribution in [0.1, 0.15) is 16.2 Å². The second kappa shape index (κ2) is 7.11. The first kappa shape index (κ1) is 17.2. The van der Waals surface area contributed by atoms with Crippen molar-refractivity contribution in [3.8, 4) is 11.9 Å². The van der Waals surface area contributed by atoms with Crippen LogP contribution in [0.4, 0.5) is 5.69 Å². The van der Waals surface area contributed by atoms with Gasteiger partial charge in [-0.05, 0) is 24.3 Å². The molecule has 0 aliphatic heterocycles. The van der Waals surface area contributed by atoms with Crippen LogP contribution in [0.15, 0.2) is 42.6 Å². The quantitative estimate of drug-likeness (QED) is 0.718. The zero-order chi connectivity index (χ0) is 18.0. The Bertz CT molecular complexity index is 989. The topological polar surface area (TPSA) is 83.6 Å². The Hall–Kier alpha value is -2.59. The third-order valence-electron chi connectivity index (χ3n) is 3.20. The number of rotatable bonds is 3. The number of carbonyl (C=O) groups excluding carboxylic acids is 1. The van der Waals surface area contributed by atoms with Gasteiger partial charge in [-0.2, -0.15) is 10.4 Å². The molecule has 0 bridgehead atoms. The lowest BCUT2D eigenvalue weighted by molar-refractivity contribution is 0.101. The molecule has 0 radical (unpaired) electrons. The maximum absolute atomic E-state index is 12.7. The summed E-state index contributed by atoms with van der Waals surface area (Å²) in [6, 6.07) is 11.3. The van der Waals surface area contributed by atoms with Crippen LogP contribution < -0.4 is 5.32 Å². The van der Waals surface area contributed by atoms with Crippen LogP contribution in [-0.4, -0.2) is 20.7 Å². The molecule has 3 aromatic rings. The largest absolute Gasteiger partial charge is 0.318 e. The highest BCUT2D eigenvalue weighted by Crippen LogP contribution is 2.30. The van der Waals surface area contributed by atoms with E-state index < -0.39 is 5.91 Å². The van der Waals surface area contributed by atoms with E-state index in [0.717, 1.165) is 0 Å². The van der Waals surface area contributed by atoms with E-state index in [9.17, 15) is 4.79 Å². The standard InChI is InChI=1S/C16H8Cl3N5O/c17-10-3-1-4-11(18)14(10)22-16(25)13-7-9(8-20)23-24(13)15-12(19)5-2-6-21-15/h1-7H,(H,22,25). The van der Waals surface area contributed by atoms with E-state index in [-0.39, 0.29) is 38.0 Å². The summed E-state index contributed by atoms with van der Waals surface area (Å²) in [6.07, 6.45) is 1.50. The Balaban J connectivity index is 2.06. The van der Waals surface area contributed by atoms with Gasteiger partial charge in [-0.15, -0.1) is 0 Å². The fraction of sp³-hybridized carbons (Fsp3) is 0. The van der Waals surface area contributed by atoms with Gasteiger partial charge < -0.3 is 5.32 Å². The van der Waals surface area contributed by atoms with Crippen LogP contribution in [0.5, 0.6) is 0 Å². The predicted octanol–water partition coefficient (Wildman–Crippen LogP) is 4.35. The van der Waals surface area contributed by atoms with E-state index >= 15 is 0 Å². The first-order valence-corrected chi connectivity index (χ1v) is 8.01. The van der Waals surface area contributed by atoms with E-state index in [1.165, 1.54) is 16.9 Å². The fourth-order valence-electron chi connectivity index (χ4n) is 2.09. The minimum absolute atomic E-state index is 0.0390. The SMILES string of the molecule is N#Cc1cc(C(=O)Nc2c(Cl)cccc2Cl)n(-c2ncccc2Cl)n1. The number of nitrogens with one attached hydrogen (secondary N) is 1. The van der Waals surface area contributed by atoms with Crippen molar-refractivity contribution in [1.29, 1.82) is 5.26 Å². The molecule has 1 amide bonds. The Morgan fingerprint density at radius 1 is 1.12 bits per heavy atom. The first-order valence-electron chi connectivity index (χ1n) is 6.87. The van der Waals surface area contributed by atoms with E-state index in [4.69, 9.17) is 40.1 Å². The van der Waals surface area contributed by atoms with Gasteiger partial charge in [0.15, 0.2) is 11.5 Å². The van der Waals surface area contributed by atoms with Gasteiger partial charge in [0.05, 0.1) is 20.8 Å². The van der Waals surface area contributed by atoms with Crippen molar-refractivity contribution < 1.29 is 4.79 Å². The summed E-state index contributed by atoms with van der Waals surface area (Å²) in [6.45, 7) is 0. The van der Waals surface area contributed by atoms with Crippen LogP contribution in [-0.2, 0) is 0 Å². The van der Waals surface area contributed by atoms with Crippen molar-refractivity contribution in [3.05, 3.63) is 69.1 Å². The second-order valence-electron chi connectivity index (χ2n) is 4.80. The van der Waals surface area contributed by atoms with Crippen molar-refractivity contribution >= 4 is 46.4 Å². The van der Waals surface area contributed by atoms with Gasteiger partial charge >= 0.3 is 0 Å². The van der Waals surface area contributed by atoms with Crippen molar-refractivity contribution in [2.24, 2.45) is 0 Å². The second-order valence-corrected chi connectivity index (χ2v) is 6.02. The lowest BCUT2D eigenvalue weighted by Crippen LogP contribution is -2.18. The van der Waals surface area contributed by atoms with Crippen LogP contribution in [0.25, 0.3) is 5.82 Å². The molecule has 0 aliphatic carbocycles. The summed E-state index contributed by atoms with van der Waals surface area (Å²) < 4.78 is 1.20. The molecule has 0 unspecified atom stereocenters. The molecule has 3 rings (SSSR count). The van der Waals surface area contributed by atoms with E-state index in [2.05, 4.69) is 15.4 Å². The highest BCUT2D eigenvalue weighted by molar-refractivity contribution is 6.40. The third kappa shape index (κ3) is 3.44. The molecular formula is C16H8Cl3N5O.